The predicted octanol–water partition coefficient (Wildman–Crippen LogP) is 3.10. The molecule has 26 heavy (non-hydrogen) atoms. The van der Waals surface area contributed by atoms with E-state index in [1.165, 1.54) is 26.2 Å². The van der Waals surface area contributed by atoms with E-state index < -0.39 is 22.9 Å². The molecule has 0 heterocycles. The normalized spacial score (nSPS) is 11.3. The van der Waals surface area contributed by atoms with Gasteiger partial charge in [0.15, 0.2) is 6.10 Å². The number of nitro benzene ring substituents is 1. The van der Waals surface area contributed by atoms with Crippen LogP contribution in [0, 0.1) is 17.0 Å². The molecule has 0 unspecified atom stereocenters. The van der Waals surface area contributed by atoms with Crippen molar-refractivity contribution in [2.24, 2.45) is 0 Å². The number of ether oxygens (including phenoxy) is 2. The molecule has 0 fully saturated rings. The summed E-state index contributed by atoms with van der Waals surface area (Å²) in [6.45, 7) is 3.29. The average Bonchev–Trinajstić information content (AvgIpc) is 2.60. The molecule has 0 saturated heterocycles. The van der Waals surface area contributed by atoms with Crippen molar-refractivity contribution in [3.05, 3.63) is 63.7 Å². The smallest absolute Gasteiger partial charge is 0.342 e. The predicted molar refractivity (Wildman–Crippen MR) is 94.3 cm³/mol. The van der Waals surface area contributed by atoms with Gasteiger partial charge in [0.25, 0.3) is 11.6 Å². The number of methoxy groups -OCH3 is 1. The Morgan fingerprint density at radius 1 is 1.19 bits per heavy atom. The van der Waals surface area contributed by atoms with Crippen LogP contribution >= 0.6 is 0 Å². The molecule has 1 amide bonds. The van der Waals surface area contributed by atoms with Crippen LogP contribution in [0.4, 0.5) is 11.4 Å². The van der Waals surface area contributed by atoms with E-state index in [0.29, 0.717) is 5.69 Å². The van der Waals surface area contributed by atoms with Crippen LogP contribution in [0.5, 0.6) is 5.75 Å². The van der Waals surface area contributed by atoms with Gasteiger partial charge in [-0.05, 0) is 37.6 Å². The maximum Gasteiger partial charge on any atom is 0.342 e. The standard InChI is InChI=1S/C18H18N2O6/c1-11-5-4-6-13(9-11)19-17(21)12(2)26-18(22)15-10-14(20(23)24)7-8-16(15)25-3/h4-10,12H,1-3H3,(H,19,21)/t12-/m1/s1. The van der Waals surface area contributed by atoms with Gasteiger partial charge in [0.2, 0.25) is 0 Å². The Hall–Kier alpha value is -3.42. The molecule has 8 nitrogen and oxygen atoms in total. The number of aryl methyl sites for hydroxylation is 1. The molecule has 0 aliphatic carbocycles. The zero-order valence-corrected chi connectivity index (χ0v) is 14.5. The van der Waals surface area contributed by atoms with Crippen LogP contribution in [0.15, 0.2) is 42.5 Å². The summed E-state index contributed by atoms with van der Waals surface area (Å²) in [5, 5.41) is 13.5. The minimum Gasteiger partial charge on any atom is -0.496 e. The summed E-state index contributed by atoms with van der Waals surface area (Å²) in [4.78, 5) is 34.8. The second-order valence-electron chi connectivity index (χ2n) is 5.55. The molecule has 0 aliphatic rings. The number of non-ortho nitro benzene ring substituents is 1. The Morgan fingerprint density at radius 2 is 1.92 bits per heavy atom. The van der Waals surface area contributed by atoms with Crippen LogP contribution < -0.4 is 10.1 Å². The molecule has 0 bridgehead atoms. The lowest BCUT2D eigenvalue weighted by Gasteiger charge is -2.15. The third-order valence-corrected chi connectivity index (χ3v) is 3.55. The van der Waals surface area contributed by atoms with Gasteiger partial charge in [-0.1, -0.05) is 12.1 Å². The molecule has 1 N–H and O–H groups in total. The average molecular weight is 358 g/mol. The summed E-state index contributed by atoms with van der Waals surface area (Å²) in [5.41, 5.74) is 1.13. The van der Waals surface area contributed by atoms with E-state index in [2.05, 4.69) is 5.32 Å². The number of nitrogens with one attached hydrogen (secondary N) is 1. The van der Waals surface area contributed by atoms with Crippen molar-refractivity contribution in [1.29, 1.82) is 0 Å². The van der Waals surface area contributed by atoms with E-state index in [9.17, 15) is 19.7 Å². The van der Waals surface area contributed by atoms with E-state index in [0.717, 1.165) is 11.6 Å². The number of esters is 1. The Balaban J connectivity index is 2.12. The summed E-state index contributed by atoms with van der Waals surface area (Å²) in [7, 11) is 1.33. The lowest BCUT2D eigenvalue weighted by atomic mass is 10.1. The fourth-order valence-electron chi connectivity index (χ4n) is 2.21. The van der Waals surface area contributed by atoms with Crippen molar-refractivity contribution < 1.29 is 24.0 Å². The fourth-order valence-corrected chi connectivity index (χ4v) is 2.21. The number of benzene rings is 2. The Labute approximate surface area is 149 Å². The van der Waals surface area contributed by atoms with Gasteiger partial charge >= 0.3 is 5.97 Å². The van der Waals surface area contributed by atoms with E-state index in [1.54, 1.807) is 18.2 Å². The van der Waals surface area contributed by atoms with Gasteiger partial charge in [0.1, 0.15) is 11.3 Å². The van der Waals surface area contributed by atoms with E-state index in [4.69, 9.17) is 9.47 Å². The maximum atomic E-state index is 12.3. The number of carbonyl (C=O) groups excluding carboxylic acids is 2. The Morgan fingerprint density at radius 3 is 2.54 bits per heavy atom. The van der Waals surface area contributed by atoms with Crippen molar-refractivity contribution in [3.8, 4) is 5.75 Å². The van der Waals surface area contributed by atoms with Crippen LogP contribution in [0.1, 0.15) is 22.8 Å². The number of hydrogen-bond acceptors (Lipinski definition) is 6. The van der Waals surface area contributed by atoms with Crippen LogP contribution in [0.3, 0.4) is 0 Å². The second kappa shape index (κ2) is 8.11. The molecule has 2 rings (SSSR count). The van der Waals surface area contributed by atoms with Crippen molar-refractivity contribution in [3.63, 3.8) is 0 Å². The van der Waals surface area contributed by atoms with Gasteiger partial charge in [-0.3, -0.25) is 14.9 Å². The molecule has 0 aliphatic heterocycles. The minimum absolute atomic E-state index is 0.117. The van der Waals surface area contributed by atoms with Gasteiger partial charge in [-0.2, -0.15) is 0 Å². The van der Waals surface area contributed by atoms with Crippen LogP contribution in [0.2, 0.25) is 0 Å². The van der Waals surface area contributed by atoms with Crippen molar-refractivity contribution >= 4 is 23.3 Å². The number of amides is 1. The van der Waals surface area contributed by atoms with E-state index in [-0.39, 0.29) is 17.0 Å². The van der Waals surface area contributed by atoms with Gasteiger partial charge in [0, 0.05) is 17.8 Å². The molecule has 8 heteroatoms. The first-order chi connectivity index (χ1) is 12.3. The topological polar surface area (TPSA) is 108 Å². The van der Waals surface area contributed by atoms with Crippen molar-refractivity contribution in [1.82, 2.24) is 0 Å². The summed E-state index contributed by atoms with van der Waals surface area (Å²) in [5.74, 6) is -1.29. The first-order valence-electron chi connectivity index (χ1n) is 7.72. The quantitative estimate of drug-likeness (QED) is 0.483. The largest absolute Gasteiger partial charge is 0.496 e. The molecule has 0 spiro atoms. The first-order valence-corrected chi connectivity index (χ1v) is 7.72. The highest BCUT2D eigenvalue weighted by Crippen LogP contribution is 2.25. The number of hydrogen-bond donors (Lipinski definition) is 1. The molecule has 2 aromatic rings. The van der Waals surface area contributed by atoms with Gasteiger partial charge < -0.3 is 14.8 Å². The second-order valence-corrected chi connectivity index (χ2v) is 5.55. The summed E-state index contributed by atoms with van der Waals surface area (Å²) >= 11 is 0. The third-order valence-electron chi connectivity index (χ3n) is 3.55. The highest BCUT2D eigenvalue weighted by atomic mass is 16.6. The van der Waals surface area contributed by atoms with Crippen LogP contribution in [0.25, 0.3) is 0 Å². The van der Waals surface area contributed by atoms with Gasteiger partial charge in [-0.25, -0.2) is 4.79 Å². The van der Waals surface area contributed by atoms with Crippen LogP contribution in [-0.4, -0.2) is 30.0 Å². The highest BCUT2D eigenvalue weighted by Gasteiger charge is 2.23. The molecular formula is C18H18N2O6. The third kappa shape index (κ3) is 4.56. The van der Waals surface area contributed by atoms with E-state index in [1.807, 2.05) is 13.0 Å². The lowest BCUT2D eigenvalue weighted by Crippen LogP contribution is -2.30. The zero-order valence-electron chi connectivity index (χ0n) is 14.5. The Bertz CT molecular complexity index is 849. The molecule has 0 saturated carbocycles. The maximum absolute atomic E-state index is 12.3. The SMILES string of the molecule is COc1ccc([N+](=O)[O-])cc1C(=O)O[C@H](C)C(=O)Nc1cccc(C)c1. The number of carbonyl (C=O) groups is 2. The summed E-state index contributed by atoms with van der Waals surface area (Å²) < 4.78 is 10.2. The van der Waals surface area contributed by atoms with Crippen molar-refractivity contribution in [2.45, 2.75) is 20.0 Å². The molecule has 136 valence electrons. The monoisotopic (exact) mass is 358 g/mol. The van der Waals surface area contributed by atoms with Crippen LogP contribution in [-0.2, 0) is 9.53 Å². The molecule has 0 radical (unpaired) electrons. The van der Waals surface area contributed by atoms with Gasteiger partial charge in [0.05, 0.1) is 12.0 Å². The highest BCUT2D eigenvalue weighted by molar-refractivity contribution is 5.98. The lowest BCUT2D eigenvalue weighted by molar-refractivity contribution is -0.384. The minimum atomic E-state index is -1.10. The summed E-state index contributed by atoms with van der Waals surface area (Å²) in [6, 6.07) is 10.7. The molecule has 2 aromatic carbocycles. The number of rotatable bonds is 6. The zero-order chi connectivity index (χ0) is 19.3. The number of nitrogens with zero attached hydrogens (tertiary/aromatic N) is 1. The summed E-state index contributed by atoms with van der Waals surface area (Å²) in [6.07, 6.45) is -1.10. The number of nitro groups is 1. The van der Waals surface area contributed by atoms with E-state index >= 15 is 0 Å². The van der Waals surface area contributed by atoms with Crippen molar-refractivity contribution in [2.75, 3.05) is 12.4 Å². The van der Waals surface area contributed by atoms with Gasteiger partial charge in [-0.15, -0.1) is 0 Å². The molecular weight excluding hydrogens is 340 g/mol. The fraction of sp³-hybridized carbons (Fsp3) is 0.222. The molecule has 1 atom stereocenters. The Kier molecular flexibility index (Phi) is 5.90. The molecule has 0 aromatic heterocycles. The number of anilines is 1. The first kappa shape index (κ1) is 18.9.